The molecular formula is C19H21NO2S2. The zero-order valence-electron chi connectivity index (χ0n) is 13.6. The Morgan fingerprint density at radius 1 is 0.917 bits per heavy atom. The summed E-state index contributed by atoms with van der Waals surface area (Å²) in [6.45, 7) is 0.934. The van der Waals surface area contributed by atoms with Gasteiger partial charge in [0.15, 0.2) is 0 Å². The average Bonchev–Trinajstić information content (AvgIpc) is 3.13. The van der Waals surface area contributed by atoms with Gasteiger partial charge < -0.3 is 14.4 Å². The fourth-order valence-electron chi connectivity index (χ4n) is 3.21. The molecule has 5 heteroatoms. The number of hydrogen-bond donors (Lipinski definition) is 0. The maximum Gasteiger partial charge on any atom is 0.138 e. The third kappa shape index (κ3) is 3.20. The molecule has 24 heavy (non-hydrogen) atoms. The largest absolute Gasteiger partial charge is 0.497 e. The second-order valence-electron chi connectivity index (χ2n) is 5.92. The molecule has 2 aromatic carbocycles. The molecule has 2 aliphatic rings. The maximum absolute atomic E-state index is 6.28. The highest BCUT2D eigenvalue weighted by atomic mass is 32.2. The van der Waals surface area contributed by atoms with E-state index in [2.05, 4.69) is 40.6 Å². The van der Waals surface area contributed by atoms with Crippen LogP contribution in [0.5, 0.6) is 11.5 Å². The third-order valence-electron chi connectivity index (χ3n) is 4.48. The molecule has 2 aliphatic heterocycles. The molecule has 0 amide bonds. The van der Waals surface area contributed by atoms with Crippen LogP contribution in [0.4, 0.5) is 5.69 Å². The number of para-hydroxylation sites is 1. The number of ether oxygens (including phenoxy) is 2. The lowest BCUT2D eigenvalue weighted by molar-refractivity contribution is 0.123. The molecule has 0 spiro atoms. The van der Waals surface area contributed by atoms with Crippen molar-refractivity contribution in [2.75, 3.05) is 30.1 Å². The van der Waals surface area contributed by atoms with Gasteiger partial charge in [0.2, 0.25) is 0 Å². The molecule has 0 saturated carbocycles. The summed E-state index contributed by atoms with van der Waals surface area (Å²) >= 11 is 4.13. The second-order valence-corrected chi connectivity index (χ2v) is 8.72. The number of benzene rings is 2. The van der Waals surface area contributed by atoms with E-state index in [1.165, 1.54) is 17.2 Å². The molecule has 0 aromatic heterocycles. The lowest BCUT2D eigenvalue weighted by atomic mass is 9.99. The van der Waals surface area contributed by atoms with Gasteiger partial charge in [0.25, 0.3) is 0 Å². The van der Waals surface area contributed by atoms with Crippen molar-refractivity contribution in [2.24, 2.45) is 0 Å². The van der Waals surface area contributed by atoms with Gasteiger partial charge in [-0.05, 0) is 36.4 Å². The van der Waals surface area contributed by atoms with Crippen molar-refractivity contribution in [1.82, 2.24) is 0 Å². The summed E-state index contributed by atoms with van der Waals surface area (Å²) < 4.78 is 12.1. The molecule has 2 unspecified atom stereocenters. The van der Waals surface area contributed by atoms with E-state index in [-0.39, 0.29) is 6.10 Å². The molecule has 3 nitrogen and oxygen atoms in total. The fourth-order valence-corrected chi connectivity index (χ4v) is 6.45. The predicted molar refractivity (Wildman–Crippen MR) is 104 cm³/mol. The van der Waals surface area contributed by atoms with Crippen LogP contribution in [0.2, 0.25) is 0 Å². The molecule has 126 valence electrons. The van der Waals surface area contributed by atoms with E-state index >= 15 is 0 Å². The monoisotopic (exact) mass is 359 g/mol. The Hall–Kier alpha value is -1.46. The van der Waals surface area contributed by atoms with Crippen molar-refractivity contribution in [3.8, 4) is 11.5 Å². The van der Waals surface area contributed by atoms with Gasteiger partial charge in [-0.2, -0.15) is 0 Å². The van der Waals surface area contributed by atoms with E-state index < -0.39 is 0 Å². The van der Waals surface area contributed by atoms with Crippen molar-refractivity contribution in [3.63, 3.8) is 0 Å². The Kier molecular flexibility index (Phi) is 4.81. The summed E-state index contributed by atoms with van der Waals surface area (Å²) in [5, 5.41) is 0. The number of nitrogens with zero attached hydrogens (tertiary/aromatic N) is 1. The SMILES string of the molecule is COc1ccc(N2CC(Oc3ccccc3)C2C2SCCS2)cc1. The summed E-state index contributed by atoms with van der Waals surface area (Å²) in [6.07, 6.45) is 0.248. The lowest BCUT2D eigenvalue weighted by Crippen LogP contribution is -2.66. The van der Waals surface area contributed by atoms with E-state index in [9.17, 15) is 0 Å². The van der Waals surface area contributed by atoms with Crippen LogP contribution in [-0.4, -0.2) is 41.9 Å². The van der Waals surface area contributed by atoms with E-state index in [1.54, 1.807) is 7.11 Å². The first-order chi connectivity index (χ1) is 11.8. The fraction of sp³-hybridized carbons (Fsp3) is 0.368. The Balaban J connectivity index is 1.52. The second kappa shape index (κ2) is 7.19. The molecule has 2 saturated heterocycles. The number of thioether (sulfide) groups is 2. The van der Waals surface area contributed by atoms with Crippen LogP contribution in [0, 0.1) is 0 Å². The molecule has 2 atom stereocenters. The van der Waals surface area contributed by atoms with Crippen LogP contribution >= 0.6 is 23.5 Å². The van der Waals surface area contributed by atoms with E-state index in [1.807, 2.05) is 42.5 Å². The van der Waals surface area contributed by atoms with E-state index in [0.29, 0.717) is 10.6 Å². The number of rotatable bonds is 5. The zero-order valence-corrected chi connectivity index (χ0v) is 15.3. The number of anilines is 1. The molecule has 0 radical (unpaired) electrons. The first kappa shape index (κ1) is 16.0. The first-order valence-electron chi connectivity index (χ1n) is 8.21. The average molecular weight is 360 g/mol. The van der Waals surface area contributed by atoms with Gasteiger partial charge in [0.05, 0.1) is 24.3 Å². The third-order valence-corrected chi connectivity index (χ3v) is 7.65. The Morgan fingerprint density at radius 3 is 2.29 bits per heavy atom. The number of hydrogen-bond acceptors (Lipinski definition) is 5. The topological polar surface area (TPSA) is 21.7 Å². The maximum atomic E-state index is 6.28. The summed E-state index contributed by atoms with van der Waals surface area (Å²) in [5.74, 6) is 4.34. The Labute approximate surface area is 151 Å². The Morgan fingerprint density at radius 2 is 1.62 bits per heavy atom. The minimum atomic E-state index is 0.248. The summed E-state index contributed by atoms with van der Waals surface area (Å²) in [6, 6.07) is 19.0. The van der Waals surface area contributed by atoms with Gasteiger partial charge in [-0.15, -0.1) is 23.5 Å². The van der Waals surface area contributed by atoms with Crippen LogP contribution in [0.25, 0.3) is 0 Å². The van der Waals surface area contributed by atoms with Gasteiger partial charge in [-0.1, -0.05) is 18.2 Å². The lowest BCUT2D eigenvalue weighted by Gasteiger charge is -2.51. The van der Waals surface area contributed by atoms with Crippen LogP contribution in [-0.2, 0) is 0 Å². The molecule has 2 heterocycles. The van der Waals surface area contributed by atoms with Crippen molar-refractivity contribution in [3.05, 3.63) is 54.6 Å². The molecular weight excluding hydrogens is 338 g/mol. The highest BCUT2D eigenvalue weighted by molar-refractivity contribution is 8.20. The molecule has 2 aromatic rings. The first-order valence-corrected chi connectivity index (χ1v) is 10.3. The van der Waals surface area contributed by atoms with Crippen LogP contribution in [0.1, 0.15) is 0 Å². The summed E-state index contributed by atoms with van der Waals surface area (Å²) in [7, 11) is 1.71. The van der Waals surface area contributed by atoms with Gasteiger partial charge in [0.1, 0.15) is 17.6 Å². The summed E-state index contributed by atoms with van der Waals surface area (Å²) in [4.78, 5) is 2.48. The van der Waals surface area contributed by atoms with Gasteiger partial charge >= 0.3 is 0 Å². The minimum absolute atomic E-state index is 0.248. The predicted octanol–water partition coefficient (Wildman–Crippen LogP) is 4.14. The van der Waals surface area contributed by atoms with Gasteiger partial charge in [-0.25, -0.2) is 0 Å². The molecule has 0 bridgehead atoms. The van der Waals surface area contributed by atoms with Crippen LogP contribution in [0.3, 0.4) is 0 Å². The molecule has 4 rings (SSSR count). The van der Waals surface area contributed by atoms with Crippen molar-refractivity contribution in [2.45, 2.75) is 16.7 Å². The van der Waals surface area contributed by atoms with Crippen molar-refractivity contribution >= 4 is 29.2 Å². The highest BCUT2D eigenvalue weighted by Gasteiger charge is 2.47. The molecule has 0 aliphatic carbocycles. The van der Waals surface area contributed by atoms with Crippen molar-refractivity contribution < 1.29 is 9.47 Å². The van der Waals surface area contributed by atoms with E-state index in [0.717, 1.165) is 18.0 Å². The molecule has 2 fully saturated rings. The van der Waals surface area contributed by atoms with Crippen LogP contribution < -0.4 is 14.4 Å². The van der Waals surface area contributed by atoms with Crippen LogP contribution in [0.15, 0.2) is 54.6 Å². The summed E-state index contributed by atoms with van der Waals surface area (Å²) in [5.41, 5.74) is 1.25. The van der Waals surface area contributed by atoms with Gasteiger partial charge in [-0.3, -0.25) is 0 Å². The molecule has 0 N–H and O–H groups in total. The highest BCUT2D eigenvalue weighted by Crippen LogP contribution is 2.43. The number of methoxy groups -OCH3 is 1. The standard InChI is InChI=1S/C19H21NO2S2/c1-21-15-9-7-14(8-10-15)20-13-17(18(20)19-23-11-12-24-19)22-16-5-3-2-4-6-16/h2-10,17-19H,11-13H2,1H3. The zero-order chi connectivity index (χ0) is 16.4. The minimum Gasteiger partial charge on any atom is -0.497 e. The van der Waals surface area contributed by atoms with Crippen molar-refractivity contribution in [1.29, 1.82) is 0 Å². The quantitative estimate of drug-likeness (QED) is 0.798. The Bertz CT molecular complexity index is 659. The van der Waals surface area contributed by atoms with Gasteiger partial charge in [0, 0.05) is 17.2 Å². The van der Waals surface area contributed by atoms with E-state index in [4.69, 9.17) is 9.47 Å². The smallest absolute Gasteiger partial charge is 0.138 e. The normalized spacial score (nSPS) is 23.8.